The smallest absolute Gasteiger partial charge is 0.0705 e. The van der Waals surface area contributed by atoms with Crippen LogP contribution in [-0.4, -0.2) is 11.0 Å². The predicted molar refractivity (Wildman–Crippen MR) is 83.1 cm³/mol. The Bertz CT molecular complexity index is 581. The molecule has 3 atom stereocenters. The van der Waals surface area contributed by atoms with Crippen LogP contribution in [0.15, 0.2) is 36.4 Å². The van der Waals surface area contributed by atoms with Crippen LogP contribution >= 0.6 is 0 Å². The first-order valence-electron chi connectivity index (χ1n) is 7.58. The summed E-state index contributed by atoms with van der Waals surface area (Å²) in [6, 6.07) is 12.9. The summed E-state index contributed by atoms with van der Waals surface area (Å²) in [4.78, 5) is 4.76. The second kappa shape index (κ2) is 5.90. The Hall–Kier alpha value is -1.45. The fourth-order valence-electron chi connectivity index (χ4n) is 3.55. The third-order valence-electron chi connectivity index (χ3n) is 4.74. The molecule has 1 heterocycles. The molecule has 3 rings (SSSR count). The second-order valence-electron chi connectivity index (χ2n) is 6.04. The van der Waals surface area contributed by atoms with Gasteiger partial charge in [0.2, 0.25) is 0 Å². The van der Waals surface area contributed by atoms with Crippen molar-refractivity contribution >= 4 is 10.9 Å². The van der Waals surface area contributed by atoms with Crippen LogP contribution < -0.4 is 11.3 Å². The number of nitrogens with two attached hydrogens (primary N) is 1. The van der Waals surface area contributed by atoms with Gasteiger partial charge in [-0.05, 0) is 30.4 Å². The molecule has 0 aliphatic heterocycles. The maximum Gasteiger partial charge on any atom is 0.0705 e. The van der Waals surface area contributed by atoms with Crippen molar-refractivity contribution in [3.05, 3.63) is 42.1 Å². The summed E-state index contributed by atoms with van der Waals surface area (Å²) in [6.45, 7) is 2.34. The molecule has 1 aromatic heterocycles. The number of hydrogen-bond acceptors (Lipinski definition) is 3. The Kier molecular flexibility index (Phi) is 3.99. The van der Waals surface area contributed by atoms with E-state index in [1.165, 1.54) is 24.6 Å². The van der Waals surface area contributed by atoms with Crippen LogP contribution in [0.2, 0.25) is 0 Å². The molecule has 0 radical (unpaired) electrons. The minimum Gasteiger partial charge on any atom is -0.271 e. The number of hydrogen-bond donors (Lipinski definition) is 2. The van der Waals surface area contributed by atoms with Gasteiger partial charge >= 0.3 is 0 Å². The van der Waals surface area contributed by atoms with E-state index in [1.54, 1.807) is 0 Å². The standard InChI is InChI=1S/C17H23N3/c1-12-5-4-7-15(12)17(20-18)11-14-10-9-13-6-2-3-8-16(13)19-14/h2-3,6,8-10,12,15,17,20H,4-5,7,11,18H2,1H3. The van der Waals surface area contributed by atoms with Crippen LogP contribution in [0, 0.1) is 11.8 Å². The SMILES string of the molecule is CC1CCCC1C(Cc1ccc2ccccc2n1)NN. The topological polar surface area (TPSA) is 50.9 Å². The molecule has 3 unspecified atom stereocenters. The zero-order valence-electron chi connectivity index (χ0n) is 12.0. The highest BCUT2D eigenvalue weighted by atomic mass is 15.2. The highest BCUT2D eigenvalue weighted by Crippen LogP contribution is 2.34. The summed E-state index contributed by atoms with van der Waals surface area (Å²) in [5.41, 5.74) is 5.23. The maximum absolute atomic E-state index is 5.80. The molecule has 2 aromatic rings. The largest absolute Gasteiger partial charge is 0.271 e. The van der Waals surface area contributed by atoms with Crippen molar-refractivity contribution < 1.29 is 0 Å². The maximum atomic E-state index is 5.80. The Labute approximate surface area is 120 Å². The summed E-state index contributed by atoms with van der Waals surface area (Å²) in [5, 5.41) is 1.20. The van der Waals surface area contributed by atoms with Gasteiger partial charge in [0.25, 0.3) is 0 Å². The third-order valence-corrected chi connectivity index (χ3v) is 4.74. The number of rotatable bonds is 4. The summed E-state index contributed by atoms with van der Waals surface area (Å²) >= 11 is 0. The number of pyridine rings is 1. The first-order valence-corrected chi connectivity index (χ1v) is 7.58. The average molecular weight is 269 g/mol. The van der Waals surface area contributed by atoms with E-state index < -0.39 is 0 Å². The normalized spacial score (nSPS) is 24.1. The monoisotopic (exact) mass is 269 g/mol. The highest BCUT2D eigenvalue weighted by Gasteiger charge is 2.30. The van der Waals surface area contributed by atoms with Gasteiger partial charge in [-0.15, -0.1) is 0 Å². The van der Waals surface area contributed by atoms with E-state index in [0.29, 0.717) is 12.0 Å². The molecule has 0 bridgehead atoms. The van der Waals surface area contributed by atoms with E-state index in [0.717, 1.165) is 23.5 Å². The Morgan fingerprint density at radius 3 is 2.85 bits per heavy atom. The van der Waals surface area contributed by atoms with E-state index in [-0.39, 0.29) is 0 Å². The third kappa shape index (κ3) is 2.69. The van der Waals surface area contributed by atoms with Gasteiger partial charge < -0.3 is 0 Å². The van der Waals surface area contributed by atoms with Gasteiger partial charge in [0.05, 0.1) is 5.52 Å². The second-order valence-corrected chi connectivity index (χ2v) is 6.04. The average Bonchev–Trinajstić information content (AvgIpc) is 2.91. The van der Waals surface area contributed by atoms with Gasteiger partial charge in [0.1, 0.15) is 0 Å². The van der Waals surface area contributed by atoms with Crippen LogP contribution in [0.4, 0.5) is 0 Å². The van der Waals surface area contributed by atoms with Crippen molar-refractivity contribution in [2.24, 2.45) is 17.7 Å². The Balaban J connectivity index is 1.80. The zero-order chi connectivity index (χ0) is 13.9. The highest BCUT2D eigenvalue weighted by molar-refractivity contribution is 5.78. The van der Waals surface area contributed by atoms with Gasteiger partial charge in [-0.25, -0.2) is 0 Å². The van der Waals surface area contributed by atoms with Gasteiger partial charge in [0.15, 0.2) is 0 Å². The summed E-state index contributed by atoms with van der Waals surface area (Å²) in [5.74, 6) is 7.23. The quantitative estimate of drug-likeness (QED) is 0.662. The molecule has 3 heteroatoms. The number of nitrogens with zero attached hydrogens (tertiary/aromatic N) is 1. The molecular formula is C17H23N3. The van der Waals surface area contributed by atoms with Crippen molar-refractivity contribution in [1.29, 1.82) is 0 Å². The number of aromatic nitrogens is 1. The van der Waals surface area contributed by atoms with Crippen molar-refractivity contribution in [1.82, 2.24) is 10.4 Å². The lowest BCUT2D eigenvalue weighted by Crippen LogP contribution is -2.43. The molecule has 0 saturated heterocycles. The van der Waals surface area contributed by atoms with Crippen molar-refractivity contribution in [2.45, 2.75) is 38.6 Å². The molecule has 0 amide bonds. The minimum absolute atomic E-state index is 0.334. The Morgan fingerprint density at radius 2 is 2.10 bits per heavy atom. The first-order chi connectivity index (χ1) is 9.78. The fraction of sp³-hybridized carbons (Fsp3) is 0.471. The van der Waals surface area contributed by atoms with Crippen LogP contribution in [0.5, 0.6) is 0 Å². The molecule has 106 valence electrons. The lowest BCUT2D eigenvalue weighted by molar-refractivity contribution is 0.296. The lowest BCUT2D eigenvalue weighted by Gasteiger charge is -2.26. The number of fused-ring (bicyclic) bond motifs is 1. The van der Waals surface area contributed by atoms with Crippen LogP contribution in [0.1, 0.15) is 31.9 Å². The van der Waals surface area contributed by atoms with E-state index in [2.05, 4.69) is 36.6 Å². The Morgan fingerprint density at radius 1 is 1.25 bits per heavy atom. The summed E-state index contributed by atoms with van der Waals surface area (Å²) in [7, 11) is 0. The number of hydrazine groups is 1. The molecule has 1 aliphatic carbocycles. The molecule has 3 nitrogen and oxygen atoms in total. The minimum atomic E-state index is 0.334. The fourth-order valence-corrected chi connectivity index (χ4v) is 3.55. The van der Waals surface area contributed by atoms with Crippen LogP contribution in [0.25, 0.3) is 10.9 Å². The lowest BCUT2D eigenvalue weighted by atomic mass is 9.88. The van der Waals surface area contributed by atoms with E-state index in [9.17, 15) is 0 Å². The number of benzene rings is 1. The predicted octanol–water partition coefficient (Wildman–Crippen LogP) is 3.05. The summed E-state index contributed by atoms with van der Waals surface area (Å²) < 4.78 is 0. The van der Waals surface area contributed by atoms with Gasteiger partial charge in [-0.2, -0.15) is 0 Å². The molecule has 3 N–H and O–H groups in total. The molecule has 1 saturated carbocycles. The number of nitrogens with one attached hydrogen (secondary N) is 1. The van der Waals surface area contributed by atoms with Gasteiger partial charge in [0, 0.05) is 23.5 Å². The number of para-hydroxylation sites is 1. The van der Waals surface area contributed by atoms with Crippen LogP contribution in [0.3, 0.4) is 0 Å². The van der Waals surface area contributed by atoms with Crippen molar-refractivity contribution in [3.63, 3.8) is 0 Å². The summed E-state index contributed by atoms with van der Waals surface area (Å²) in [6.07, 6.45) is 4.85. The molecule has 1 aliphatic rings. The molecule has 1 aromatic carbocycles. The van der Waals surface area contributed by atoms with Gasteiger partial charge in [-0.1, -0.05) is 44.0 Å². The zero-order valence-corrected chi connectivity index (χ0v) is 12.0. The molecule has 0 spiro atoms. The van der Waals surface area contributed by atoms with Gasteiger partial charge in [-0.3, -0.25) is 16.3 Å². The van der Waals surface area contributed by atoms with Crippen molar-refractivity contribution in [3.8, 4) is 0 Å². The molecular weight excluding hydrogens is 246 g/mol. The van der Waals surface area contributed by atoms with E-state index >= 15 is 0 Å². The van der Waals surface area contributed by atoms with E-state index in [1.807, 2.05) is 12.1 Å². The van der Waals surface area contributed by atoms with Crippen molar-refractivity contribution in [2.75, 3.05) is 0 Å². The molecule has 1 fully saturated rings. The van der Waals surface area contributed by atoms with E-state index in [4.69, 9.17) is 10.8 Å². The molecule has 20 heavy (non-hydrogen) atoms. The first kappa shape index (κ1) is 13.5. The van der Waals surface area contributed by atoms with Crippen LogP contribution in [-0.2, 0) is 6.42 Å².